The van der Waals surface area contributed by atoms with E-state index in [0.29, 0.717) is 13.2 Å². The van der Waals surface area contributed by atoms with Crippen molar-refractivity contribution in [2.75, 3.05) is 20.5 Å². The minimum absolute atomic E-state index is 0.00267. The number of allylic oxidation sites excluding steroid dienone is 1. The van der Waals surface area contributed by atoms with Gasteiger partial charge in [-0.1, -0.05) is 42.5 Å². The number of hydrogen-bond acceptors (Lipinski definition) is 4. The summed E-state index contributed by atoms with van der Waals surface area (Å²) in [6.45, 7) is 3.50. The number of nitrogens with two attached hydrogens (primary N) is 1. The highest BCUT2D eigenvalue weighted by atomic mass is 16.7. The number of rotatable bonds is 11. The molecule has 4 nitrogen and oxygen atoms in total. The van der Waals surface area contributed by atoms with Crippen LogP contribution in [0.1, 0.15) is 25.3 Å². The van der Waals surface area contributed by atoms with Gasteiger partial charge in [0.1, 0.15) is 6.79 Å². The van der Waals surface area contributed by atoms with Crippen LogP contribution in [0.3, 0.4) is 0 Å². The van der Waals surface area contributed by atoms with Crippen LogP contribution in [0.2, 0.25) is 0 Å². The van der Waals surface area contributed by atoms with E-state index in [2.05, 4.69) is 18.2 Å². The quantitative estimate of drug-likeness (QED) is 0.387. The molecule has 0 heterocycles. The fraction of sp³-hybridized carbons (Fsp3) is 0.529. The molecule has 0 unspecified atom stereocenters. The van der Waals surface area contributed by atoms with Crippen molar-refractivity contribution in [2.24, 2.45) is 5.73 Å². The first-order valence-electron chi connectivity index (χ1n) is 7.36. The number of methoxy groups -OCH3 is 1. The molecule has 21 heavy (non-hydrogen) atoms. The molecule has 0 spiro atoms. The molecule has 1 aromatic rings. The third-order valence-electron chi connectivity index (χ3n) is 3.10. The monoisotopic (exact) mass is 293 g/mol. The molecule has 0 amide bonds. The average Bonchev–Trinajstić information content (AvgIpc) is 2.50. The first-order valence-corrected chi connectivity index (χ1v) is 7.36. The van der Waals surface area contributed by atoms with Crippen molar-refractivity contribution in [3.05, 3.63) is 48.0 Å². The third kappa shape index (κ3) is 8.63. The Balaban J connectivity index is 2.10. The Morgan fingerprint density at radius 1 is 1.19 bits per heavy atom. The van der Waals surface area contributed by atoms with Crippen LogP contribution in [0.4, 0.5) is 0 Å². The number of benzene rings is 1. The Hall–Kier alpha value is -1.20. The standard InChI is InChI=1S/C17H27NO3/c1-15(18)17(21-14-19-2)11-7-4-8-12-20-13-16-9-5-3-6-10-16/h3-6,8-10,15,17H,7,11-14,18H2,1-2H3/b8-4+/t15-,17-/m1/s1. The van der Waals surface area contributed by atoms with Gasteiger partial charge in [-0.2, -0.15) is 0 Å². The lowest BCUT2D eigenvalue weighted by atomic mass is 10.1. The molecule has 2 atom stereocenters. The molecule has 0 aliphatic carbocycles. The molecule has 0 saturated carbocycles. The smallest absolute Gasteiger partial charge is 0.146 e. The highest BCUT2D eigenvalue weighted by Gasteiger charge is 2.12. The van der Waals surface area contributed by atoms with Crippen LogP contribution in [0.15, 0.2) is 42.5 Å². The summed E-state index contributed by atoms with van der Waals surface area (Å²) in [5.74, 6) is 0. The summed E-state index contributed by atoms with van der Waals surface area (Å²) in [5.41, 5.74) is 7.07. The van der Waals surface area contributed by atoms with Crippen LogP contribution in [-0.2, 0) is 20.8 Å². The number of hydrogen-bond donors (Lipinski definition) is 1. The van der Waals surface area contributed by atoms with Gasteiger partial charge in [-0.15, -0.1) is 0 Å². The van der Waals surface area contributed by atoms with Crippen LogP contribution >= 0.6 is 0 Å². The molecule has 0 aromatic heterocycles. The minimum atomic E-state index is 0.00267. The average molecular weight is 293 g/mol. The van der Waals surface area contributed by atoms with Crippen molar-refractivity contribution >= 4 is 0 Å². The zero-order valence-electron chi connectivity index (χ0n) is 13.0. The first-order chi connectivity index (χ1) is 10.2. The summed E-state index contributed by atoms with van der Waals surface area (Å²) in [6.07, 6.45) is 5.98. The second-order valence-electron chi connectivity index (χ2n) is 5.02. The molecule has 118 valence electrons. The lowest BCUT2D eigenvalue weighted by Gasteiger charge is -2.20. The van der Waals surface area contributed by atoms with Crippen molar-refractivity contribution in [1.29, 1.82) is 0 Å². The normalized spacial score (nSPS) is 14.4. The van der Waals surface area contributed by atoms with Crippen molar-refractivity contribution in [3.8, 4) is 0 Å². The van der Waals surface area contributed by atoms with Crippen molar-refractivity contribution in [1.82, 2.24) is 0 Å². The molecule has 0 saturated heterocycles. The van der Waals surface area contributed by atoms with E-state index in [1.54, 1.807) is 7.11 Å². The predicted octanol–water partition coefficient (Wildman–Crippen LogP) is 2.88. The maximum Gasteiger partial charge on any atom is 0.146 e. The van der Waals surface area contributed by atoms with Gasteiger partial charge in [0.05, 0.1) is 19.3 Å². The first kappa shape index (κ1) is 17.9. The van der Waals surface area contributed by atoms with E-state index in [-0.39, 0.29) is 18.9 Å². The summed E-state index contributed by atoms with van der Waals surface area (Å²) >= 11 is 0. The topological polar surface area (TPSA) is 53.7 Å². The van der Waals surface area contributed by atoms with Crippen molar-refractivity contribution in [2.45, 2.75) is 38.5 Å². The fourth-order valence-corrected chi connectivity index (χ4v) is 1.92. The Morgan fingerprint density at radius 2 is 1.95 bits per heavy atom. The van der Waals surface area contributed by atoms with Crippen LogP contribution in [-0.4, -0.2) is 32.7 Å². The molecule has 0 fully saturated rings. The van der Waals surface area contributed by atoms with Gasteiger partial charge in [-0.25, -0.2) is 0 Å². The Morgan fingerprint density at radius 3 is 2.62 bits per heavy atom. The molecule has 0 radical (unpaired) electrons. The van der Waals surface area contributed by atoms with E-state index in [0.717, 1.165) is 12.8 Å². The van der Waals surface area contributed by atoms with E-state index >= 15 is 0 Å². The van der Waals surface area contributed by atoms with Gasteiger partial charge in [-0.05, 0) is 25.3 Å². The van der Waals surface area contributed by atoms with Gasteiger partial charge in [-0.3, -0.25) is 0 Å². The third-order valence-corrected chi connectivity index (χ3v) is 3.10. The largest absolute Gasteiger partial charge is 0.373 e. The molecule has 1 rings (SSSR count). The van der Waals surface area contributed by atoms with Gasteiger partial charge >= 0.3 is 0 Å². The van der Waals surface area contributed by atoms with Crippen molar-refractivity contribution in [3.63, 3.8) is 0 Å². The van der Waals surface area contributed by atoms with E-state index in [1.807, 2.05) is 31.2 Å². The van der Waals surface area contributed by atoms with Gasteiger partial charge in [0, 0.05) is 13.2 Å². The Kier molecular flexibility index (Phi) is 9.74. The number of ether oxygens (including phenoxy) is 3. The van der Waals surface area contributed by atoms with Gasteiger partial charge in [0.15, 0.2) is 0 Å². The van der Waals surface area contributed by atoms with Crippen LogP contribution in [0, 0.1) is 0 Å². The van der Waals surface area contributed by atoms with Crippen LogP contribution in [0.5, 0.6) is 0 Å². The highest BCUT2D eigenvalue weighted by molar-refractivity contribution is 5.13. The van der Waals surface area contributed by atoms with Crippen LogP contribution < -0.4 is 5.73 Å². The SMILES string of the molecule is COCO[C@H](CC/C=C/COCc1ccccc1)[C@@H](C)N. The maximum absolute atomic E-state index is 5.87. The highest BCUT2D eigenvalue weighted by Crippen LogP contribution is 2.07. The predicted molar refractivity (Wildman–Crippen MR) is 84.9 cm³/mol. The molecule has 2 N–H and O–H groups in total. The maximum atomic E-state index is 5.87. The summed E-state index contributed by atoms with van der Waals surface area (Å²) in [7, 11) is 1.61. The van der Waals surface area contributed by atoms with E-state index in [9.17, 15) is 0 Å². The second kappa shape index (κ2) is 11.5. The second-order valence-corrected chi connectivity index (χ2v) is 5.02. The van der Waals surface area contributed by atoms with Gasteiger partial charge in [0.2, 0.25) is 0 Å². The lowest BCUT2D eigenvalue weighted by Crippen LogP contribution is -2.34. The molecule has 0 bridgehead atoms. The molecular formula is C17H27NO3. The van der Waals surface area contributed by atoms with E-state index in [4.69, 9.17) is 19.9 Å². The molecule has 4 heteroatoms. The summed E-state index contributed by atoms with van der Waals surface area (Å²) in [4.78, 5) is 0. The Labute approximate surface area is 127 Å². The Bertz CT molecular complexity index is 379. The summed E-state index contributed by atoms with van der Waals surface area (Å²) in [5, 5.41) is 0. The van der Waals surface area contributed by atoms with E-state index in [1.165, 1.54) is 5.56 Å². The van der Waals surface area contributed by atoms with Crippen molar-refractivity contribution < 1.29 is 14.2 Å². The molecule has 0 aliphatic rings. The van der Waals surface area contributed by atoms with E-state index < -0.39 is 0 Å². The fourth-order valence-electron chi connectivity index (χ4n) is 1.92. The van der Waals surface area contributed by atoms with Gasteiger partial charge in [0.25, 0.3) is 0 Å². The summed E-state index contributed by atoms with van der Waals surface area (Å²) < 4.78 is 16.0. The zero-order valence-corrected chi connectivity index (χ0v) is 13.0. The van der Waals surface area contributed by atoms with Gasteiger partial charge < -0.3 is 19.9 Å². The lowest BCUT2D eigenvalue weighted by molar-refractivity contribution is -0.0798. The molecular weight excluding hydrogens is 266 g/mol. The molecule has 0 aliphatic heterocycles. The molecule has 1 aromatic carbocycles. The minimum Gasteiger partial charge on any atom is -0.373 e. The zero-order chi connectivity index (χ0) is 15.3. The van der Waals surface area contributed by atoms with Crippen LogP contribution in [0.25, 0.3) is 0 Å². The summed E-state index contributed by atoms with van der Waals surface area (Å²) in [6, 6.07) is 10.2.